The van der Waals surface area contributed by atoms with Gasteiger partial charge < -0.3 is 5.73 Å². The molecule has 0 radical (unpaired) electrons. The fourth-order valence-corrected chi connectivity index (χ4v) is 5.07. The van der Waals surface area contributed by atoms with Crippen molar-refractivity contribution in [2.45, 2.75) is 29.7 Å². The van der Waals surface area contributed by atoms with E-state index in [-0.39, 0.29) is 11.3 Å². The maximum Gasteiger partial charge on any atom is 0.111 e. The summed E-state index contributed by atoms with van der Waals surface area (Å²) in [7, 11) is 0. The van der Waals surface area contributed by atoms with Gasteiger partial charge in [-0.2, -0.15) is 0 Å². The van der Waals surface area contributed by atoms with Crippen molar-refractivity contribution in [3.8, 4) is 0 Å². The molecule has 2 aromatic rings. The molecule has 0 saturated heterocycles. The minimum Gasteiger partial charge on any atom is -0.326 e. The zero-order valence-corrected chi connectivity index (χ0v) is 15.2. The van der Waals surface area contributed by atoms with Crippen molar-refractivity contribution in [3.05, 3.63) is 43.6 Å². The molecule has 0 amide bonds. The predicted octanol–water partition coefficient (Wildman–Crippen LogP) is 5.24. The highest BCUT2D eigenvalue weighted by atomic mass is 79.9. The number of pyridine rings is 1. The third-order valence-electron chi connectivity index (χ3n) is 2.69. The number of hydrogen-bond donors (Lipinski definition) is 1. The van der Waals surface area contributed by atoms with Crippen LogP contribution in [0, 0.1) is 0 Å². The molecule has 2 nitrogen and oxygen atoms in total. The third kappa shape index (κ3) is 4.04. The van der Waals surface area contributed by atoms with E-state index >= 15 is 0 Å². The van der Waals surface area contributed by atoms with E-state index in [0.29, 0.717) is 0 Å². The van der Waals surface area contributed by atoms with Crippen LogP contribution in [-0.4, -0.2) is 11.0 Å². The van der Waals surface area contributed by atoms with Crippen molar-refractivity contribution >= 4 is 55.0 Å². The Balaban J connectivity index is 2.27. The molecule has 2 heterocycles. The van der Waals surface area contributed by atoms with Crippen LogP contribution in [0.25, 0.3) is 0 Å². The van der Waals surface area contributed by atoms with Crippen LogP contribution >= 0.6 is 55.0 Å². The molecular weight excluding hydrogens is 408 g/mol. The molecule has 2 unspecified atom stereocenters. The third-order valence-corrected chi connectivity index (χ3v) is 6.93. The van der Waals surface area contributed by atoms with Crippen LogP contribution in [0.5, 0.6) is 0 Å². The van der Waals surface area contributed by atoms with Gasteiger partial charge in [0.1, 0.15) is 5.03 Å². The zero-order valence-electron chi connectivity index (χ0n) is 10.3. The topological polar surface area (TPSA) is 38.9 Å². The van der Waals surface area contributed by atoms with Crippen molar-refractivity contribution in [1.29, 1.82) is 0 Å². The first-order valence-corrected chi connectivity index (χ1v) is 9.23. The molecule has 6 heteroatoms. The monoisotopic (exact) mass is 420 g/mol. The lowest BCUT2D eigenvalue weighted by atomic mass is 10.1. The Kier molecular flexibility index (Phi) is 5.89. The van der Waals surface area contributed by atoms with Crippen molar-refractivity contribution in [1.82, 2.24) is 4.98 Å². The summed E-state index contributed by atoms with van der Waals surface area (Å²) in [4.78, 5) is 5.70. The van der Waals surface area contributed by atoms with Gasteiger partial charge in [-0.25, -0.2) is 4.98 Å². The average Bonchev–Trinajstić information content (AvgIpc) is 2.83. The molecule has 2 atom stereocenters. The van der Waals surface area contributed by atoms with Crippen LogP contribution < -0.4 is 5.73 Å². The van der Waals surface area contributed by atoms with E-state index in [9.17, 15) is 0 Å². The quantitative estimate of drug-likeness (QED) is 0.671. The molecule has 102 valence electrons. The molecule has 0 aliphatic heterocycles. The first-order chi connectivity index (χ1) is 9.11. The molecule has 0 aromatic carbocycles. The van der Waals surface area contributed by atoms with Crippen LogP contribution in [0.15, 0.2) is 43.7 Å². The summed E-state index contributed by atoms with van der Waals surface area (Å²) in [6.45, 7) is 2.12. The van der Waals surface area contributed by atoms with Gasteiger partial charge in [0.2, 0.25) is 0 Å². The highest BCUT2D eigenvalue weighted by molar-refractivity contribution is 9.10. The molecule has 0 bridgehead atoms. The molecule has 2 N–H and O–H groups in total. The van der Waals surface area contributed by atoms with E-state index in [2.05, 4.69) is 55.2 Å². The van der Waals surface area contributed by atoms with Crippen LogP contribution in [0.3, 0.4) is 0 Å². The van der Waals surface area contributed by atoms with Gasteiger partial charge in [0.25, 0.3) is 0 Å². The number of thiophene rings is 1. The maximum absolute atomic E-state index is 6.28. The fourth-order valence-electron chi connectivity index (χ4n) is 1.63. The second kappa shape index (κ2) is 7.22. The molecule has 19 heavy (non-hydrogen) atoms. The number of aromatic nitrogens is 1. The Hall–Kier alpha value is 0.120. The highest BCUT2D eigenvalue weighted by Gasteiger charge is 2.23. The van der Waals surface area contributed by atoms with E-state index in [1.54, 1.807) is 23.1 Å². The molecule has 0 fully saturated rings. The highest BCUT2D eigenvalue weighted by Crippen LogP contribution is 2.42. The number of rotatable bonds is 5. The smallest absolute Gasteiger partial charge is 0.111 e. The molecule has 0 aliphatic rings. The minimum absolute atomic E-state index is 0.115. The predicted molar refractivity (Wildman–Crippen MR) is 90.8 cm³/mol. The lowest BCUT2D eigenvalue weighted by molar-refractivity contribution is 0.639. The van der Waals surface area contributed by atoms with Gasteiger partial charge >= 0.3 is 0 Å². The number of thioether (sulfide) groups is 1. The average molecular weight is 422 g/mol. The Morgan fingerprint density at radius 3 is 2.84 bits per heavy atom. The summed E-state index contributed by atoms with van der Waals surface area (Å²) in [6, 6.07) is 6.19. The summed E-state index contributed by atoms with van der Waals surface area (Å²) in [5, 5.41) is 3.31. The van der Waals surface area contributed by atoms with Crippen LogP contribution in [0.4, 0.5) is 0 Å². The Morgan fingerprint density at radius 1 is 1.47 bits per heavy atom. The van der Waals surface area contributed by atoms with Crippen LogP contribution in [0.1, 0.15) is 23.5 Å². The standard InChI is InChI=1S/C13H14Br2N2S2/c1-2-10(16)12(11-6-8(14)7-18-11)19-13-9(15)4-3-5-17-13/h3-7,10,12H,2,16H2,1H3. The summed E-state index contributed by atoms with van der Waals surface area (Å²) in [6.07, 6.45) is 2.75. The largest absolute Gasteiger partial charge is 0.326 e. The first kappa shape index (κ1) is 15.5. The van der Waals surface area contributed by atoms with E-state index in [4.69, 9.17) is 5.73 Å². The molecule has 2 aromatic heterocycles. The van der Waals surface area contributed by atoms with Crippen LogP contribution in [-0.2, 0) is 0 Å². The number of hydrogen-bond acceptors (Lipinski definition) is 4. The maximum atomic E-state index is 6.28. The lowest BCUT2D eigenvalue weighted by Crippen LogP contribution is -2.25. The van der Waals surface area contributed by atoms with E-state index < -0.39 is 0 Å². The minimum atomic E-state index is 0.115. The zero-order chi connectivity index (χ0) is 13.8. The van der Waals surface area contributed by atoms with Gasteiger partial charge in [-0.3, -0.25) is 0 Å². The summed E-state index contributed by atoms with van der Waals surface area (Å²) >= 11 is 10.5. The first-order valence-electron chi connectivity index (χ1n) is 5.88. The fraction of sp³-hybridized carbons (Fsp3) is 0.308. The van der Waals surface area contributed by atoms with Gasteiger partial charge in [-0.1, -0.05) is 18.7 Å². The van der Waals surface area contributed by atoms with Gasteiger partial charge in [-0.05, 0) is 56.5 Å². The summed E-state index contributed by atoms with van der Waals surface area (Å²) in [5.74, 6) is 0. The van der Waals surface area contributed by atoms with E-state index in [1.807, 2.05) is 18.3 Å². The number of halogens is 2. The summed E-state index contributed by atoms with van der Waals surface area (Å²) < 4.78 is 2.13. The molecule has 2 rings (SSSR count). The van der Waals surface area contributed by atoms with Crippen molar-refractivity contribution in [2.75, 3.05) is 0 Å². The molecule has 0 aliphatic carbocycles. The van der Waals surface area contributed by atoms with E-state index in [0.717, 1.165) is 20.4 Å². The summed E-state index contributed by atoms with van der Waals surface area (Å²) in [5.41, 5.74) is 6.28. The van der Waals surface area contributed by atoms with Crippen LogP contribution in [0.2, 0.25) is 0 Å². The second-order valence-corrected chi connectivity index (χ2v) is 7.91. The van der Waals surface area contributed by atoms with Gasteiger partial charge in [-0.15, -0.1) is 11.3 Å². The Labute approximate surface area is 138 Å². The number of nitrogens with two attached hydrogens (primary N) is 1. The Morgan fingerprint density at radius 2 is 2.26 bits per heavy atom. The van der Waals surface area contributed by atoms with Crippen molar-refractivity contribution < 1.29 is 0 Å². The number of nitrogens with zero attached hydrogens (tertiary/aromatic N) is 1. The molecule has 0 spiro atoms. The van der Waals surface area contributed by atoms with Crippen molar-refractivity contribution in [2.24, 2.45) is 5.73 Å². The SMILES string of the molecule is CCC(N)C(Sc1ncccc1Br)c1cc(Br)cs1. The van der Waals surface area contributed by atoms with Crippen molar-refractivity contribution in [3.63, 3.8) is 0 Å². The molecular formula is C13H14Br2N2S2. The molecule has 0 saturated carbocycles. The lowest BCUT2D eigenvalue weighted by Gasteiger charge is -2.21. The second-order valence-electron chi connectivity index (χ2n) is 4.07. The van der Waals surface area contributed by atoms with Gasteiger partial charge in [0.15, 0.2) is 0 Å². The normalized spacial score (nSPS) is 14.3. The van der Waals surface area contributed by atoms with E-state index in [1.165, 1.54) is 4.88 Å². The van der Waals surface area contributed by atoms with Gasteiger partial charge in [0.05, 0.1) is 5.25 Å². The Bertz CT molecular complexity index is 545. The van der Waals surface area contributed by atoms with Gasteiger partial charge in [0, 0.05) is 31.4 Å².